The first-order chi connectivity index (χ1) is 4.29. The number of nitrogens with zero attached hydrogens (tertiary/aromatic N) is 1. The van der Waals surface area contributed by atoms with Crippen molar-refractivity contribution in [2.24, 2.45) is 5.92 Å². The van der Waals surface area contributed by atoms with Gasteiger partial charge in [-0.1, -0.05) is 0 Å². The molecule has 54 valence electrons. The summed E-state index contributed by atoms with van der Waals surface area (Å²) in [5, 5.41) is 3.95. The molecule has 1 N–H and O–H groups in total. The fourth-order valence-corrected chi connectivity index (χ4v) is 1.23. The maximum atomic E-state index is 12.2. The first kappa shape index (κ1) is 6.96. The van der Waals surface area contributed by atoms with E-state index in [0.29, 0.717) is 12.5 Å². The van der Waals surface area contributed by atoms with Crippen molar-refractivity contribution < 1.29 is 4.48 Å². The molecule has 1 saturated heterocycles. The molecular formula is C6H13FN2. The van der Waals surface area contributed by atoms with Crippen LogP contribution in [0.4, 0.5) is 4.48 Å². The minimum atomic E-state index is 0.528. The Bertz CT molecular complexity index is 79.1. The zero-order chi connectivity index (χ0) is 6.69. The second-order valence-electron chi connectivity index (χ2n) is 2.65. The smallest absolute Gasteiger partial charge is 0.0328 e. The Morgan fingerprint density at radius 3 is 3.00 bits per heavy atom. The van der Waals surface area contributed by atoms with Crippen LogP contribution in [0.2, 0.25) is 0 Å². The first-order valence-corrected chi connectivity index (χ1v) is 3.36. The number of hydrogen-bond donors (Lipinski definition) is 1. The number of rotatable bonds is 2. The molecule has 1 aliphatic rings. The Kier molecular flexibility index (Phi) is 2.42. The second-order valence-corrected chi connectivity index (χ2v) is 2.65. The third kappa shape index (κ3) is 2.28. The van der Waals surface area contributed by atoms with E-state index in [1.807, 2.05) is 0 Å². The first-order valence-electron chi connectivity index (χ1n) is 3.36. The van der Waals surface area contributed by atoms with E-state index in [4.69, 9.17) is 0 Å². The van der Waals surface area contributed by atoms with Crippen molar-refractivity contribution in [2.75, 3.05) is 26.7 Å². The van der Waals surface area contributed by atoms with Crippen LogP contribution in [0.15, 0.2) is 0 Å². The van der Waals surface area contributed by atoms with E-state index in [9.17, 15) is 4.48 Å². The second kappa shape index (κ2) is 3.13. The molecule has 3 heteroatoms. The van der Waals surface area contributed by atoms with Crippen molar-refractivity contribution in [3.8, 4) is 0 Å². The van der Waals surface area contributed by atoms with Gasteiger partial charge in [-0.15, -0.1) is 9.60 Å². The van der Waals surface area contributed by atoms with E-state index in [1.54, 1.807) is 0 Å². The van der Waals surface area contributed by atoms with Crippen molar-refractivity contribution in [1.82, 2.24) is 10.4 Å². The molecule has 1 unspecified atom stereocenters. The molecule has 0 amide bonds. The Morgan fingerprint density at radius 2 is 2.56 bits per heavy atom. The fourth-order valence-electron chi connectivity index (χ4n) is 1.23. The van der Waals surface area contributed by atoms with Crippen LogP contribution in [0.5, 0.6) is 0 Å². The summed E-state index contributed by atoms with van der Waals surface area (Å²) in [5.74, 6) is 0.528. The zero-order valence-electron chi connectivity index (χ0n) is 5.73. The van der Waals surface area contributed by atoms with Gasteiger partial charge in [0.25, 0.3) is 0 Å². The summed E-state index contributed by atoms with van der Waals surface area (Å²) in [5.41, 5.74) is 0. The maximum absolute atomic E-state index is 12.2. The standard InChI is InChI=1S/C6H13FN2/c1-9(7)5-6-2-3-8-4-6/h6,8H,2-5H2,1H3. The molecule has 0 aromatic carbocycles. The summed E-state index contributed by atoms with van der Waals surface area (Å²) in [4.78, 5) is 0. The van der Waals surface area contributed by atoms with Crippen LogP contribution in [0.25, 0.3) is 0 Å². The van der Waals surface area contributed by atoms with Crippen molar-refractivity contribution in [3.05, 3.63) is 0 Å². The minimum absolute atomic E-state index is 0.528. The van der Waals surface area contributed by atoms with Crippen LogP contribution in [0, 0.1) is 5.92 Å². The number of halogens is 1. The van der Waals surface area contributed by atoms with Crippen LogP contribution in [-0.4, -0.2) is 31.8 Å². The summed E-state index contributed by atoms with van der Waals surface area (Å²) in [6.07, 6.45) is 1.12. The van der Waals surface area contributed by atoms with Gasteiger partial charge in [0.2, 0.25) is 0 Å². The third-order valence-corrected chi connectivity index (χ3v) is 1.67. The molecule has 0 saturated carbocycles. The van der Waals surface area contributed by atoms with Gasteiger partial charge >= 0.3 is 0 Å². The Labute approximate surface area is 55.0 Å². The largest absolute Gasteiger partial charge is 0.316 e. The van der Waals surface area contributed by atoms with Gasteiger partial charge in [-0.25, -0.2) is 0 Å². The van der Waals surface area contributed by atoms with Gasteiger partial charge < -0.3 is 5.32 Å². The molecule has 0 aromatic heterocycles. The molecule has 0 aromatic rings. The van der Waals surface area contributed by atoms with Crippen molar-refractivity contribution in [3.63, 3.8) is 0 Å². The molecule has 1 atom stereocenters. The molecule has 0 aliphatic carbocycles. The van der Waals surface area contributed by atoms with Crippen LogP contribution in [-0.2, 0) is 0 Å². The summed E-state index contributed by atoms with van der Waals surface area (Å²) in [7, 11) is 1.47. The van der Waals surface area contributed by atoms with Gasteiger partial charge in [-0.3, -0.25) is 0 Å². The maximum Gasteiger partial charge on any atom is 0.0328 e. The predicted molar refractivity (Wildman–Crippen MR) is 34.7 cm³/mol. The average Bonchev–Trinajstić information content (AvgIpc) is 2.15. The van der Waals surface area contributed by atoms with Gasteiger partial charge in [-0.05, 0) is 25.4 Å². The molecular weight excluding hydrogens is 119 g/mol. The molecule has 1 heterocycles. The van der Waals surface area contributed by atoms with Gasteiger partial charge in [0.15, 0.2) is 0 Å². The lowest BCUT2D eigenvalue weighted by Gasteiger charge is -2.09. The Hall–Kier alpha value is -0.150. The van der Waals surface area contributed by atoms with E-state index in [-0.39, 0.29) is 0 Å². The van der Waals surface area contributed by atoms with Crippen LogP contribution in [0.1, 0.15) is 6.42 Å². The monoisotopic (exact) mass is 132 g/mol. The summed E-state index contributed by atoms with van der Waals surface area (Å²) in [6.45, 7) is 2.61. The van der Waals surface area contributed by atoms with E-state index < -0.39 is 0 Å². The van der Waals surface area contributed by atoms with Crippen LogP contribution < -0.4 is 5.32 Å². The SMILES string of the molecule is CN(F)CC1CCNC1. The lowest BCUT2D eigenvalue weighted by molar-refractivity contribution is 0.0440. The van der Waals surface area contributed by atoms with E-state index >= 15 is 0 Å². The van der Waals surface area contributed by atoms with Crippen molar-refractivity contribution in [1.29, 1.82) is 0 Å². The van der Waals surface area contributed by atoms with E-state index in [1.165, 1.54) is 7.05 Å². The van der Waals surface area contributed by atoms with Gasteiger partial charge in [-0.2, -0.15) is 0 Å². The topological polar surface area (TPSA) is 15.3 Å². The molecule has 1 aliphatic heterocycles. The summed E-state index contributed by atoms with van der Waals surface area (Å²) in [6, 6.07) is 0. The molecule has 2 nitrogen and oxygen atoms in total. The lowest BCUT2D eigenvalue weighted by atomic mass is 10.1. The highest BCUT2D eigenvalue weighted by molar-refractivity contribution is 4.71. The lowest BCUT2D eigenvalue weighted by Crippen LogP contribution is -2.20. The van der Waals surface area contributed by atoms with E-state index in [2.05, 4.69) is 5.32 Å². The average molecular weight is 132 g/mol. The molecule has 0 bridgehead atoms. The third-order valence-electron chi connectivity index (χ3n) is 1.67. The predicted octanol–water partition coefficient (Wildman–Crippen LogP) is 0.412. The Morgan fingerprint density at radius 1 is 1.78 bits per heavy atom. The number of nitrogens with one attached hydrogen (secondary N) is 1. The summed E-state index contributed by atoms with van der Waals surface area (Å²) >= 11 is 0. The van der Waals surface area contributed by atoms with Gasteiger partial charge in [0, 0.05) is 13.6 Å². The fraction of sp³-hybridized carbons (Fsp3) is 1.00. The molecule has 0 radical (unpaired) electrons. The zero-order valence-corrected chi connectivity index (χ0v) is 5.73. The van der Waals surface area contributed by atoms with Crippen molar-refractivity contribution in [2.45, 2.75) is 6.42 Å². The van der Waals surface area contributed by atoms with Gasteiger partial charge in [0.05, 0.1) is 0 Å². The number of hydrogen-bond acceptors (Lipinski definition) is 2. The van der Waals surface area contributed by atoms with Crippen LogP contribution in [0.3, 0.4) is 0 Å². The Balaban J connectivity index is 2.11. The van der Waals surface area contributed by atoms with Gasteiger partial charge in [0.1, 0.15) is 0 Å². The highest BCUT2D eigenvalue weighted by atomic mass is 19.2. The van der Waals surface area contributed by atoms with Crippen molar-refractivity contribution >= 4 is 0 Å². The summed E-state index contributed by atoms with van der Waals surface area (Å²) < 4.78 is 12.2. The molecule has 0 spiro atoms. The van der Waals surface area contributed by atoms with Crippen LogP contribution >= 0.6 is 0 Å². The molecule has 1 rings (SSSR count). The molecule has 1 fully saturated rings. The normalized spacial score (nSPS) is 27.7. The minimum Gasteiger partial charge on any atom is -0.316 e. The highest BCUT2D eigenvalue weighted by Crippen LogP contribution is 2.08. The quantitative estimate of drug-likeness (QED) is 0.547. The highest BCUT2D eigenvalue weighted by Gasteiger charge is 2.15. The van der Waals surface area contributed by atoms with E-state index in [0.717, 1.165) is 24.6 Å². The molecule has 9 heavy (non-hydrogen) atoms.